The summed E-state index contributed by atoms with van der Waals surface area (Å²) in [6.07, 6.45) is 6.68. The van der Waals surface area contributed by atoms with Gasteiger partial charge in [-0.15, -0.1) is 0 Å². The van der Waals surface area contributed by atoms with Crippen LogP contribution >= 0.6 is 0 Å². The van der Waals surface area contributed by atoms with Crippen molar-refractivity contribution in [2.45, 2.75) is 58.5 Å². The number of rotatable bonds is 12. The highest BCUT2D eigenvalue weighted by atomic mass is 16.5. The van der Waals surface area contributed by atoms with Crippen molar-refractivity contribution >= 4 is 10.8 Å². The summed E-state index contributed by atoms with van der Waals surface area (Å²) < 4.78 is 11.1. The van der Waals surface area contributed by atoms with Crippen LogP contribution in [0.3, 0.4) is 0 Å². The number of hydrogen-bond donors (Lipinski definition) is 1. The van der Waals surface area contributed by atoms with E-state index in [0.29, 0.717) is 25.0 Å². The van der Waals surface area contributed by atoms with Gasteiger partial charge < -0.3 is 19.5 Å². The van der Waals surface area contributed by atoms with E-state index in [-0.39, 0.29) is 6.10 Å². The molecule has 2 atom stereocenters. The van der Waals surface area contributed by atoms with E-state index in [9.17, 15) is 5.11 Å². The number of piperidine rings is 1. The van der Waals surface area contributed by atoms with E-state index < -0.39 is 0 Å². The van der Waals surface area contributed by atoms with Crippen LogP contribution in [0.4, 0.5) is 0 Å². The number of ether oxygens (including phenoxy) is 2. The lowest BCUT2D eigenvalue weighted by atomic mass is 9.84. The van der Waals surface area contributed by atoms with Crippen LogP contribution in [-0.2, 0) is 11.2 Å². The number of aliphatic hydroxyl groups is 1. The zero-order valence-electron chi connectivity index (χ0n) is 19.7. The SMILES string of the molecule is COCCOc1cccc2ccc(CC(CCC(O)CN3CCCCC3)C(C)C)cc12. The molecular weight excluding hydrogens is 386 g/mol. The van der Waals surface area contributed by atoms with Crippen LogP contribution in [0.1, 0.15) is 51.5 Å². The first-order chi connectivity index (χ1) is 15.1. The third kappa shape index (κ3) is 7.48. The van der Waals surface area contributed by atoms with Crippen molar-refractivity contribution in [3.05, 3.63) is 42.0 Å². The average Bonchev–Trinajstić information content (AvgIpc) is 2.77. The zero-order chi connectivity index (χ0) is 22.1. The summed E-state index contributed by atoms with van der Waals surface area (Å²) in [6.45, 7) is 8.90. The quantitative estimate of drug-likeness (QED) is 0.466. The molecule has 0 aromatic heterocycles. The molecule has 172 valence electrons. The molecule has 0 saturated carbocycles. The number of aliphatic hydroxyl groups excluding tert-OH is 1. The van der Waals surface area contributed by atoms with Gasteiger partial charge in [0.15, 0.2) is 0 Å². The molecule has 2 aromatic carbocycles. The third-order valence-electron chi connectivity index (χ3n) is 6.68. The van der Waals surface area contributed by atoms with Gasteiger partial charge >= 0.3 is 0 Å². The smallest absolute Gasteiger partial charge is 0.127 e. The minimum absolute atomic E-state index is 0.211. The molecule has 4 heteroatoms. The number of fused-ring (bicyclic) bond motifs is 1. The molecule has 1 N–H and O–H groups in total. The molecule has 1 aliphatic heterocycles. The normalized spacial score (nSPS) is 17.2. The number of hydrogen-bond acceptors (Lipinski definition) is 4. The number of likely N-dealkylation sites (tertiary alicyclic amines) is 1. The second-order valence-corrected chi connectivity index (χ2v) is 9.45. The number of benzene rings is 2. The van der Waals surface area contributed by atoms with Crippen molar-refractivity contribution < 1.29 is 14.6 Å². The first kappa shape index (κ1) is 24.0. The highest BCUT2D eigenvalue weighted by molar-refractivity contribution is 5.88. The Morgan fingerprint density at radius 3 is 2.55 bits per heavy atom. The summed E-state index contributed by atoms with van der Waals surface area (Å²) in [4.78, 5) is 2.44. The molecule has 1 aliphatic rings. The summed E-state index contributed by atoms with van der Waals surface area (Å²) in [5.41, 5.74) is 1.35. The summed E-state index contributed by atoms with van der Waals surface area (Å²) >= 11 is 0. The molecule has 1 heterocycles. The van der Waals surface area contributed by atoms with Gasteiger partial charge in [-0.1, -0.05) is 44.5 Å². The second-order valence-electron chi connectivity index (χ2n) is 9.45. The van der Waals surface area contributed by atoms with Gasteiger partial charge in [-0.25, -0.2) is 0 Å². The summed E-state index contributed by atoms with van der Waals surface area (Å²) in [5.74, 6) is 2.08. The minimum Gasteiger partial charge on any atom is -0.491 e. The molecule has 1 saturated heterocycles. The lowest BCUT2D eigenvalue weighted by Gasteiger charge is -2.29. The van der Waals surface area contributed by atoms with Crippen molar-refractivity contribution in [3.63, 3.8) is 0 Å². The second kappa shape index (κ2) is 12.4. The molecule has 2 aromatic rings. The maximum absolute atomic E-state index is 10.6. The predicted octanol–water partition coefficient (Wildman–Crippen LogP) is 5.31. The molecule has 4 nitrogen and oxygen atoms in total. The molecular formula is C27H41NO3. The number of nitrogens with zero attached hydrogens (tertiary/aromatic N) is 1. The van der Waals surface area contributed by atoms with Crippen LogP contribution in [0, 0.1) is 11.8 Å². The Labute approximate surface area is 188 Å². The fraction of sp³-hybridized carbons (Fsp3) is 0.630. The van der Waals surface area contributed by atoms with Crippen LogP contribution in [-0.4, -0.2) is 56.1 Å². The molecule has 0 amide bonds. The van der Waals surface area contributed by atoms with E-state index in [1.807, 2.05) is 12.1 Å². The minimum atomic E-state index is -0.211. The Morgan fingerprint density at radius 1 is 1.00 bits per heavy atom. The lowest BCUT2D eigenvalue weighted by Crippen LogP contribution is -2.36. The summed E-state index contributed by atoms with van der Waals surface area (Å²) in [7, 11) is 1.69. The van der Waals surface area contributed by atoms with E-state index in [4.69, 9.17) is 9.47 Å². The molecule has 0 spiro atoms. The van der Waals surface area contributed by atoms with Crippen LogP contribution in [0.15, 0.2) is 36.4 Å². The molecule has 3 rings (SSSR count). The highest BCUT2D eigenvalue weighted by Crippen LogP contribution is 2.30. The fourth-order valence-corrected chi connectivity index (χ4v) is 4.69. The monoisotopic (exact) mass is 427 g/mol. The standard InChI is InChI=1S/C27H41NO3/c1-21(2)24(12-13-25(29)20-28-14-5-4-6-15-28)18-22-10-11-23-8-7-9-27(26(23)19-22)31-17-16-30-3/h7-11,19,21,24-25,29H,4-6,12-18,20H2,1-3H3. The Balaban J connectivity index is 1.61. The van der Waals surface area contributed by atoms with Gasteiger partial charge in [-0.3, -0.25) is 0 Å². The maximum Gasteiger partial charge on any atom is 0.127 e. The van der Waals surface area contributed by atoms with Crippen LogP contribution in [0.2, 0.25) is 0 Å². The number of β-amino-alcohol motifs (C(OH)–C–C–N with tert-alkyl or cyclic N) is 1. The largest absolute Gasteiger partial charge is 0.491 e. The van der Waals surface area contributed by atoms with Gasteiger partial charge in [0.25, 0.3) is 0 Å². The maximum atomic E-state index is 10.6. The lowest BCUT2D eigenvalue weighted by molar-refractivity contribution is 0.0872. The average molecular weight is 428 g/mol. The Morgan fingerprint density at radius 2 is 1.81 bits per heavy atom. The van der Waals surface area contributed by atoms with E-state index >= 15 is 0 Å². The Bertz CT molecular complexity index is 785. The van der Waals surface area contributed by atoms with Crippen molar-refractivity contribution in [2.75, 3.05) is 40.0 Å². The Hall–Kier alpha value is -1.62. The zero-order valence-corrected chi connectivity index (χ0v) is 19.7. The fourth-order valence-electron chi connectivity index (χ4n) is 4.69. The van der Waals surface area contributed by atoms with Gasteiger partial charge in [-0.05, 0) is 80.1 Å². The van der Waals surface area contributed by atoms with Crippen molar-refractivity contribution in [3.8, 4) is 5.75 Å². The van der Waals surface area contributed by atoms with Crippen LogP contribution in [0.5, 0.6) is 5.75 Å². The topological polar surface area (TPSA) is 41.9 Å². The van der Waals surface area contributed by atoms with Gasteiger partial charge in [0, 0.05) is 19.0 Å². The van der Waals surface area contributed by atoms with Crippen LogP contribution in [0.25, 0.3) is 10.8 Å². The molecule has 1 fully saturated rings. The summed E-state index contributed by atoms with van der Waals surface area (Å²) in [5, 5.41) is 13.0. The third-order valence-corrected chi connectivity index (χ3v) is 6.68. The van der Waals surface area contributed by atoms with Gasteiger partial charge in [0.2, 0.25) is 0 Å². The van der Waals surface area contributed by atoms with E-state index in [1.54, 1.807) is 7.11 Å². The van der Waals surface area contributed by atoms with E-state index in [2.05, 4.69) is 43.0 Å². The molecule has 0 aliphatic carbocycles. The highest BCUT2D eigenvalue weighted by Gasteiger charge is 2.19. The molecule has 0 bridgehead atoms. The van der Waals surface area contributed by atoms with Gasteiger partial charge in [-0.2, -0.15) is 0 Å². The molecule has 0 radical (unpaired) electrons. The van der Waals surface area contributed by atoms with Crippen molar-refractivity contribution in [1.29, 1.82) is 0 Å². The molecule has 31 heavy (non-hydrogen) atoms. The predicted molar refractivity (Wildman–Crippen MR) is 129 cm³/mol. The Kier molecular flexibility index (Phi) is 9.63. The van der Waals surface area contributed by atoms with Gasteiger partial charge in [0.05, 0.1) is 12.7 Å². The first-order valence-electron chi connectivity index (χ1n) is 12.1. The van der Waals surface area contributed by atoms with Crippen LogP contribution < -0.4 is 4.74 Å². The molecule has 2 unspecified atom stereocenters. The van der Waals surface area contributed by atoms with Crippen molar-refractivity contribution in [2.24, 2.45) is 11.8 Å². The summed E-state index contributed by atoms with van der Waals surface area (Å²) in [6, 6.07) is 13.0. The number of methoxy groups -OCH3 is 1. The van der Waals surface area contributed by atoms with Crippen molar-refractivity contribution in [1.82, 2.24) is 4.90 Å². The van der Waals surface area contributed by atoms with E-state index in [1.165, 1.54) is 35.6 Å². The van der Waals surface area contributed by atoms with E-state index in [0.717, 1.165) is 44.6 Å². The van der Waals surface area contributed by atoms with Gasteiger partial charge in [0.1, 0.15) is 12.4 Å². The first-order valence-corrected chi connectivity index (χ1v) is 12.1.